The Hall–Kier alpha value is -1.27. The van der Waals surface area contributed by atoms with Crippen LogP contribution in [0.2, 0.25) is 5.02 Å². The van der Waals surface area contributed by atoms with E-state index in [0.29, 0.717) is 10.3 Å². The van der Waals surface area contributed by atoms with Gasteiger partial charge < -0.3 is 5.32 Å². The standard InChI is InChI=1S/C14H17ClN2O3S/c1-9(21-11-4-2-3-5-11)14(18)16-13-8-10(17(19)20)6-7-12(13)15/h6-9,11H,2-5H2,1H3,(H,16,18). The number of halogens is 1. The van der Waals surface area contributed by atoms with Gasteiger partial charge in [0.1, 0.15) is 0 Å². The van der Waals surface area contributed by atoms with Crippen LogP contribution in [0.15, 0.2) is 18.2 Å². The van der Waals surface area contributed by atoms with Gasteiger partial charge in [-0.15, -0.1) is 11.8 Å². The molecule has 5 nitrogen and oxygen atoms in total. The van der Waals surface area contributed by atoms with Gasteiger partial charge in [0, 0.05) is 17.4 Å². The Morgan fingerprint density at radius 2 is 2.14 bits per heavy atom. The van der Waals surface area contributed by atoms with Crippen LogP contribution < -0.4 is 5.32 Å². The summed E-state index contributed by atoms with van der Waals surface area (Å²) in [5, 5.41) is 14.1. The minimum Gasteiger partial charge on any atom is -0.324 e. The zero-order valence-corrected chi connectivity index (χ0v) is 13.2. The number of non-ortho nitro benzene ring substituents is 1. The number of anilines is 1. The number of nitro benzene ring substituents is 1. The molecule has 21 heavy (non-hydrogen) atoms. The monoisotopic (exact) mass is 328 g/mol. The lowest BCUT2D eigenvalue weighted by molar-refractivity contribution is -0.384. The second-order valence-corrected chi connectivity index (χ2v) is 7.15. The number of hydrogen-bond acceptors (Lipinski definition) is 4. The average Bonchev–Trinajstić information content (AvgIpc) is 2.93. The van der Waals surface area contributed by atoms with Crippen LogP contribution in [0.5, 0.6) is 0 Å². The summed E-state index contributed by atoms with van der Waals surface area (Å²) in [6.07, 6.45) is 4.76. The molecular weight excluding hydrogens is 312 g/mol. The zero-order chi connectivity index (χ0) is 15.4. The van der Waals surface area contributed by atoms with Gasteiger partial charge in [-0.3, -0.25) is 14.9 Å². The highest BCUT2D eigenvalue weighted by atomic mass is 35.5. The summed E-state index contributed by atoms with van der Waals surface area (Å²) in [7, 11) is 0. The van der Waals surface area contributed by atoms with Crippen molar-refractivity contribution in [1.82, 2.24) is 0 Å². The van der Waals surface area contributed by atoms with Crippen LogP contribution in [-0.2, 0) is 4.79 Å². The van der Waals surface area contributed by atoms with Gasteiger partial charge in [0.15, 0.2) is 0 Å². The molecule has 0 bridgehead atoms. The number of amides is 1. The number of nitrogens with zero attached hydrogens (tertiary/aromatic N) is 1. The molecule has 0 saturated heterocycles. The normalized spacial score (nSPS) is 16.7. The Morgan fingerprint density at radius 3 is 2.76 bits per heavy atom. The second-order valence-electron chi connectivity index (χ2n) is 5.10. The second kappa shape index (κ2) is 7.13. The van der Waals surface area contributed by atoms with Crippen LogP contribution >= 0.6 is 23.4 Å². The van der Waals surface area contributed by atoms with Gasteiger partial charge in [-0.05, 0) is 25.8 Å². The highest BCUT2D eigenvalue weighted by Gasteiger charge is 2.23. The summed E-state index contributed by atoms with van der Waals surface area (Å²) in [6, 6.07) is 4.02. The first-order valence-electron chi connectivity index (χ1n) is 6.87. The first kappa shape index (κ1) is 16.1. The Morgan fingerprint density at radius 1 is 1.48 bits per heavy atom. The Kier molecular flexibility index (Phi) is 5.47. The molecule has 0 radical (unpaired) electrons. The van der Waals surface area contributed by atoms with Crippen LogP contribution in [0.1, 0.15) is 32.6 Å². The van der Waals surface area contributed by atoms with Crippen molar-refractivity contribution in [3.05, 3.63) is 33.3 Å². The maximum atomic E-state index is 12.2. The van der Waals surface area contributed by atoms with E-state index in [9.17, 15) is 14.9 Å². The molecule has 1 unspecified atom stereocenters. The first-order chi connectivity index (χ1) is 9.97. The molecule has 1 saturated carbocycles. The lowest BCUT2D eigenvalue weighted by atomic mass is 10.2. The predicted molar refractivity (Wildman–Crippen MR) is 86.0 cm³/mol. The largest absolute Gasteiger partial charge is 0.324 e. The smallest absolute Gasteiger partial charge is 0.271 e. The molecule has 0 heterocycles. The van der Waals surface area contributed by atoms with Crippen LogP contribution in [0.25, 0.3) is 0 Å². The molecule has 1 aliphatic rings. The van der Waals surface area contributed by atoms with E-state index < -0.39 is 4.92 Å². The fraction of sp³-hybridized carbons (Fsp3) is 0.500. The van der Waals surface area contributed by atoms with Gasteiger partial charge in [0.2, 0.25) is 5.91 Å². The molecule has 7 heteroatoms. The van der Waals surface area contributed by atoms with Gasteiger partial charge in [-0.25, -0.2) is 0 Å². The van der Waals surface area contributed by atoms with Gasteiger partial charge in [0.25, 0.3) is 5.69 Å². The summed E-state index contributed by atoms with van der Waals surface area (Å²) < 4.78 is 0. The number of nitrogens with one attached hydrogen (secondary N) is 1. The lowest BCUT2D eigenvalue weighted by Gasteiger charge is -2.16. The minimum absolute atomic E-state index is 0.0919. The van der Waals surface area contributed by atoms with Crippen molar-refractivity contribution < 1.29 is 9.72 Å². The maximum absolute atomic E-state index is 12.2. The average molecular weight is 329 g/mol. The molecule has 0 aliphatic heterocycles. The van der Waals surface area contributed by atoms with Crippen LogP contribution in [0, 0.1) is 10.1 Å². The number of carbonyl (C=O) groups is 1. The molecule has 0 aromatic heterocycles. The van der Waals surface area contributed by atoms with E-state index in [-0.39, 0.29) is 22.5 Å². The first-order valence-corrected chi connectivity index (χ1v) is 8.19. The van der Waals surface area contributed by atoms with E-state index in [0.717, 1.165) is 12.8 Å². The summed E-state index contributed by atoms with van der Waals surface area (Å²) in [4.78, 5) is 22.4. The van der Waals surface area contributed by atoms with E-state index in [2.05, 4.69) is 5.32 Å². The molecule has 0 spiro atoms. The van der Waals surface area contributed by atoms with Crippen LogP contribution in [-0.4, -0.2) is 21.3 Å². The van der Waals surface area contributed by atoms with Crippen molar-refractivity contribution in [2.24, 2.45) is 0 Å². The predicted octanol–water partition coefficient (Wildman–Crippen LogP) is 4.25. The summed E-state index contributed by atoms with van der Waals surface area (Å²) in [6.45, 7) is 1.85. The summed E-state index contributed by atoms with van der Waals surface area (Å²) in [5.41, 5.74) is 0.195. The number of hydrogen-bond donors (Lipinski definition) is 1. The molecule has 1 amide bonds. The number of carbonyl (C=O) groups excluding carboxylic acids is 1. The number of nitro groups is 1. The molecule has 1 N–H and O–H groups in total. The third kappa shape index (κ3) is 4.35. The Balaban J connectivity index is 2.01. The maximum Gasteiger partial charge on any atom is 0.271 e. The highest BCUT2D eigenvalue weighted by molar-refractivity contribution is 8.01. The number of thioether (sulfide) groups is 1. The van der Waals surface area contributed by atoms with Gasteiger partial charge in [0.05, 0.1) is 20.9 Å². The van der Waals surface area contributed by atoms with E-state index >= 15 is 0 Å². The summed E-state index contributed by atoms with van der Waals surface area (Å²) in [5.74, 6) is -0.172. The molecule has 1 fully saturated rings. The zero-order valence-electron chi connectivity index (χ0n) is 11.7. The minimum atomic E-state index is -0.511. The van der Waals surface area contributed by atoms with E-state index in [1.165, 1.54) is 31.0 Å². The molecule has 1 aromatic carbocycles. The quantitative estimate of drug-likeness (QED) is 0.647. The number of rotatable bonds is 5. The summed E-state index contributed by atoms with van der Waals surface area (Å²) >= 11 is 7.64. The van der Waals surface area contributed by atoms with Crippen molar-refractivity contribution in [3.8, 4) is 0 Å². The van der Waals surface area contributed by atoms with Gasteiger partial charge >= 0.3 is 0 Å². The third-order valence-corrected chi connectivity index (χ3v) is 5.29. The van der Waals surface area contributed by atoms with Crippen LogP contribution in [0.3, 0.4) is 0 Å². The SMILES string of the molecule is CC(SC1CCCC1)C(=O)Nc1cc([N+](=O)[O-])ccc1Cl. The van der Waals surface area contributed by atoms with Crippen molar-refractivity contribution in [2.45, 2.75) is 43.1 Å². The molecule has 114 valence electrons. The number of benzene rings is 1. The van der Waals surface area contributed by atoms with Crippen LogP contribution in [0.4, 0.5) is 11.4 Å². The molecular formula is C14H17ClN2O3S. The van der Waals surface area contributed by atoms with E-state index in [1.54, 1.807) is 11.8 Å². The lowest BCUT2D eigenvalue weighted by Crippen LogP contribution is -2.24. The fourth-order valence-corrected chi connectivity index (χ4v) is 3.86. The molecule has 1 aromatic rings. The van der Waals surface area contributed by atoms with Crippen molar-refractivity contribution in [2.75, 3.05) is 5.32 Å². The van der Waals surface area contributed by atoms with E-state index in [1.807, 2.05) is 6.92 Å². The van der Waals surface area contributed by atoms with Crippen molar-refractivity contribution in [3.63, 3.8) is 0 Å². The fourth-order valence-electron chi connectivity index (χ4n) is 2.33. The van der Waals surface area contributed by atoms with Gasteiger partial charge in [-0.1, -0.05) is 24.4 Å². The third-order valence-electron chi connectivity index (χ3n) is 3.49. The topological polar surface area (TPSA) is 72.2 Å². The van der Waals surface area contributed by atoms with Gasteiger partial charge in [-0.2, -0.15) is 0 Å². The Bertz CT molecular complexity index is 547. The highest BCUT2D eigenvalue weighted by Crippen LogP contribution is 2.33. The van der Waals surface area contributed by atoms with E-state index in [4.69, 9.17) is 11.6 Å². The Labute approximate surface area is 132 Å². The molecule has 2 rings (SSSR count). The van der Waals surface area contributed by atoms with Crippen molar-refractivity contribution in [1.29, 1.82) is 0 Å². The molecule has 1 aliphatic carbocycles. The van der Waals surface area contributed by atoms with Crippen molar-refractivity contribution >= 4 is 40.6 Å². The molecule has 1 atom stereocenters.